The average molecular weight is 288 g/mol. The first-order valence-corrected chi connectivity index (χ1v) is 6.36. The molecule has 2 amide bonds. The summed E-state index contributed by atoms with van der Waals surface area (Å²) in [4.78, 5) is 30.4. The molecule has 0 aliphatic carbocycles. The summed E-state index contributed by atoms with van der Waals surface area (Å²) in [6.45, 7) is 0. The van der Waals surface area contributed by atoms with Crippen LogP contribution in [0.2, 0.25) is 0 Å². The molecule has 0 saturated carbocycles. The highest BCUT2D eigenvalue weighted by atomic mass is 16.5. The van der Waals surface area contributed by atoms with E-state index < -0.39 is 18.0 Å². The number of urea groups is 1. The van der Waals surface area contributed by atoms with E-state index in [1.165, 1.54) is 13.4 Å². The van der Waals surface area contributed by atoms with Gasteiger partial charge in [-0.3, -0.25) is 0 Å². The van der Waals surface area contributed by atoms with Crippen molar-refractivity contribution in [3.8, 4) is 0 Å². The second kappa shape index (κ2) is 7.09. The number of hydrogen-bond acceptors (Lipinski definition) is 4. The maximum Gasteiger partial charge on any atom is 0.328 e. The zero-order valence-corrected chi connectivity index (χ0v) is 11.5. The van der Waals surface area contributed by atoms with Crippen LogP contribution in [0.25, 0.3) is 0 Å². The van der Waals surface area contributed by atoms with E-state index in [1.54, 1.807) is 30.5 Å². The molecule has 0 bridgehead atoms. The van der Waals surface area contributed by atoms with Gasteiger partial charge in [-0.25, -0.2) is 14.6 Å². The monoisotopic (exact) mass is 288 g/mol. The predicted molar refractivity (Wildman–Crippen MR) is 76.7 cm³/mol. The Kier molecular flexibility index (Phi) is 4.92. The van der Waals surface area contributed by atoms with Gasteiger partial charge in [0.2, 0.25) is 0 Å². The van der Waals surface area contributed by atoms with E-state index in [-0.39, 0.29) is 6.42 Å². The SMILES string of the molecule is COC(=O)C(Cc1cnc[nH]1)NC(=O)Nc1ccccc1. The summed E-state index contributed by atoms with van der Waals surface area (Å²) >= 11 is 0. The van der Waals surface area contributed by atoms with Gasteiger partial charge in [0.25, 0.3) is 0 Å². The maximum absolute atomic E-state index is 11.9. The van der Waals surface area contributed by atoms with Crippen LogP contribution in [0.1, 0.15) is 5.69 Å². The molecule has 1 atom stereocenters. The summed E-state index contributed by atoms with van der Waals surface area (Å²) in [7, 11) is 1.28. The molecule has 0 fully saturated rings. The molecule has 1 heterocycles. The van der Waals surface area contributed by atoms with Gasteiger partial charge in [-0.05, 0) is 12.1 Å². The fourth-order valence-corrected chi connectivity index (χ4v) is 1.80. The molecule has 1 aromatic carbocycles. The Morgan fingerprint density at radius 1 is 1.33 bits per heavy atom. The molecule has 1 unspecified atom stereocenters. The number of para-hydroxylation sites is 1. The molecule has 21 heavy (non-hydrogen) atoms. The third kappa shape index (κ3) is 4.34. The topological polar surface area (TPSA) is 96.1 Å². The first-order chi connectivity index (χ1) is 10.2. The Labute approximate surface area is 121 Å². The van der Waals surface area contributed by atoms with Crippen molar-refractivity contribution >= 4 is 17.7 Å². The van der Waals surface area contributed by atoms with Crippen molar-refractivity contribution < 1.29 is 14.3 Å². The quantitative estimate of drug-likeness (QED) is 0.723. The molecule has 0 aliphatic heterocycles. The van der Waals surface area contributed by atoms with E-state index >= 15 is 0 Å². The predicted octanol–water partition coefficient (Wildman–Crippen LogP) is 1.32. The minimum atomic E-state index is -0.792. The normalized spacial score (nSPS) is 11.5. The summed E-state index contributed by atoms with van der Waals surface area (Å²) in [6.07, 6.45) is 3.37. The minimum Gasteiger partial charge on any atom is -0.467 e. The van der Waals surface area contributed by atoms with Gasteiger partial charge in [0, 0.05) is 24.0 Å². The van der Waals surface area contributed by atoms with Gasteiger partial charge < -0.3 is 20.4 Å². The Balaban J connectivity index is 1.97. The summed E-state index contributed by atoms with van der Waals surface area (Å²) in [6, 6.07) is 7.69. The van der Waals surface area contributed by atoms with Crippen molar-refractivity contribution in [2.45, 2.75) is 12.5 Å². The Morgan fingerprint density at radius 2 is 2.10 bits per heavy atom. The van der Waals surface area contributed by atoms with Crippen LogP contribution < -0.4 is 10.6 Å². The summed E-state index contributed by atoms with van der Waals surface area (Å²) in [5, 5.41) is 5.23. The highest BCUT2D eigenvalue weighted by Crippen LogP contribution is 2.05. The number of carbonyl (C=O) groups excluding carboxylic acids is 2. The summed E-state index contributed by atoms with van der Waals surface area (Å²) < 4.78 is 4.70. The van der Waals surface area contributed by atoms with Gasteiger partial charge in [-0.2, -0.15) is 0 Å². The van der Waals surface area contributed by atoms with E-state index in [0.29, 0.717) is 5.69 Å². The lowest BCUT2D eigenvalue weighted by Crippen LogP contribution is -2.45. The van der Waals surface area contributed by atoms with Crippen LogP contribution in [0, 0.1) is 0 Å². The van der Waals surface area contributed by atoms with Crippen LogP contribution in [0.5, 0.6) is 0 Å². The zero-order chi connectivity index (χ0) is 15.1. The maximum atomic E-state index is 11.9. The Bertz CT molecular complexity index is 584. The van der Waals surface area contributed by atoms with Gasteiger partial charge in [-0.1, -0.05) is 18.2 Å². The van der Waals surface area contributed by atoms with E-state index in [4.69, 9.17) is 4.74 Å². The number of rotatable bonds is 5. The standard InChI is InChI=1S/C14H16N4O3/c1-21-13(19)12(7-11-8-15-9-16-11)18-14(20)17-10-5-3-2-4-6-10/h2-6,8-9,12H,7H2,1H3,(H,15,16)(H2,17,18,20). The van der Waals surface area contributed by atoms with Crippen molar-refractivity contribution in [1.82, 2.24) is 15.3 Å². The van der Waals surface area contributed by atoms with Crippen molar-refractivity contribution in [1.29, 1.82) is 0 Å². The van der Waals surface area contributed by atoms with E-state index in [1.807, 2.05) is 6.07 Å². The molecule has 0 saturated heterocycles. The second-order valence-corrected chi connectivity index (χ2v) is 4.32. The van der Waals surface area contributed by atoms with E-state index in [0.717, 1.165) is 5.69 Å². The van der Waals surface area contributed by atoms with Crippen molar-refractivity contribution in [2.24, 2.45) is 0 Å². The van der Waals surface area contributed by atoms with Crippen LogP contribution in [0.15, 0.2) is 42.9 Å². The largest absolute Gasteiger partial charge is 0.467 e. The van der Waals surface area contributed by atoms with E-state index in [2.05, 4.69) is 20.6 Å². The van der Waals surface area contributed by atoms with E-state index in [9.17, 15) is 9.59 Å². The zero-order valence-electron chi connectivity index (χ0n) is 11.5. The molecule has 110 valence electrons. The molecule has 0 aliphatic rings. The average Bonchev–Trinajstić information content (AvgIpc) is 2.99. The Morgan fingerprint density at radius 3 is 2.71 bits per heavy atom. The summed E-state index contributed by atoms with van der Waals surface area (Å²) in [5.41, 5.74) is 1.37. The number of benzene rings is 1. The van der Waals surface area contributed by atoms with Gasteiger partial charge >= 0.3 is 12.0 Å². The summed E-state index contributed by atoms with van der Waals surface area (Å²) in [5.74, 6) is -0.521. The third-order valence-electron chi connectivity index (χ3n) is 2.80. The number of amides is 2. The number of aromatic amines is 1. The number of esters is 1. The molecule has 7 heteroatoms. The molecule has 7 nitrogen and oxygen atoms in total. The fourth-order valence-electron chi connectivity index (χ4n) is 1.80. The van der Waals surface area contributed by atoms with Crippen LogP contribution in [-0.2, 0) is 16.0 Å². The first kappa shape index (κ1) is 14.6. The van der Waals surface area contributed by atoms with Crippen LogP contribution in [-0.4, -0.2) is 35.1 Å². The highest BCUT2D eigenvalue weighted by molar-refractivity contribution is 5.92. The lowest BCUT2D eigenvalue weighted by Gasteiger charge is -2.16. The smallest absolute Gasteiger partial charge is 0.328 e. The number of ether oxygens (including phenoxy) is 1. The number of aromatic nitrogens is 2. The second-order valence-electron chi connectivity index (χ2n) is 4.32. The number of H-pyrrole nitrogens is 1. The molecule has 2 rings (SSSR count). The number of carbonyl (C=O) groups is 2. The lowest BCUT2D eigenvalue weighted by atomic mass is 10.1. The van der Waals surface area contributed by atoms with Gasteiger partial charge in [-0.15, -0.1) is 0 Å². The molecular formula is C14H16N4O3. The third-order valence-corrected chi connectivity index (χ3v) is 2.80. The molecule has 0 radical (unpaired) electrons. The number of hydrogen-bond donors (Lipinski definition) is 3. The Hall–Kier alpha value is -2.83. The molecule has 2 aromatic rings. The van der Waals surface area contributed by atoms with Crippen molar-refractivity contribution in [3.63, 3.8) is 0 Å². The van der Waals surface area contributed by atoms with Gasteiger partial charge in [0.15, 0.2) is 0 Å². The number of imidazole rings is 1. The fraction of sp³-hybridized carbons (Fsp3) is 0.214. The molecule has 0 spiro atoms. The molecular weight excluding hydrogens is 272 g/mol. The molecule has 3 N–H and O–H groups in total. The highest BCUT2D eigenvalue weighted by Gasteiger charge is 2.22. The van der Waals surface area contributed by atoms with Gasteiger partial charge in [0.05, 0.1) is 13.4 Å². The number of anilines is 1. The lowest BCUT2D eigenvalue weighted by molar-refractivity contribution is -0.142. The number of nitrogens with zero attached hydrogens (tertiary/aromatic N) is 1. The minimum absolute atomic E-state index is 0.273. The first-order valence-electron chi connectivity index (χ1n) is 6.36. The van der Waals surface area contributed by atoms with Gasteiger partial charge in [0.1, 0.15) is 6.04 Å². The number of methoxy groups -OCH3 is 1. The van der Waals surface area contributed by atoms with Crippen LogP contribution in [0.4, 0.5) is 10.5 Å². The van der Waals surface area contributed by atoms with Crippen LogP contribution in [0.3, 0.4) is 0 Å². The molecule has 1 aromatic heterocycles. The van der Waals surface area contributed by atoms with Crippen molar-refractivity contribution in [2.75, 3.05) is 12.4 Å². The number of nitrogens with one attached hydrogen (secondary N) is 3. The van der Waals surface area contributed by atoms with Crippen LogP contribution >= 0.6 is 0 Å². The van der Waals surface area contributed by atoms with Crippen molar-refractivity contribution in [3.05, 3.63) is 48.5 Å².